The van der Waals surface area contributed by atoms with Crippen LogP contribution in [0.4, 0.5) is 0 Å². The van der Waals surface area contributed by atoms with E-state index in [1.807, 2.05) is 4.68 Å². The second kappa shape index (κ2) is 4.55. The Morgan fingerprint density at radius 1 is 1.47 bits per heavy atom. The molecule has 0 spiro atoms. The van der Waals surface area contributed by atoms with E-state index in [4.69, 9.17) is 0 Å². The zero-order chi connectivity index (χ0) is 10.7. The smallest absolute Gasteiger partial charge is 0.181 e. The summed E-state index contributed by atoms with van der Waals surface area (Å²) >= 11 is 0. The summed E-state index contributed by atoms with van der Waals surface area (Å²) in [5, 5.41) is 7.82. The van der Waals surface area contributed by atoms with E-state index < -0.39 is 0 Å². The summed E-state index contributed by atoms with van der Waals surface area (Å²) in [7, 11) is 0. The minimum absolute atomic E-state index is 0.00936. The first-order valence-corrected chi connectivity index (χ1v) is 5.67. The van der Waals surface area contributed by atoms with E-state index in [-0.39, 0.29) is 5.78 Å². The molecule has 0 bridgehead atoms. The van der Waals surface area contributed by atoms with Gasteiger partial charge in [0, 0.05) is 13.5 Å². The van der Waals surface area contributed by atoms with E-state index in [1.54, 1.807) is 6.20 Å². The quantitative estimate of drug-likeness (QED) is 0.713. The molecule has 0 saturated heterocycles. The van der Waals surface area contributed by atoms with Gasteiger partial charge in [-0.1, -0.05) is 24.5 Å². The lowest BCUT2D eigenvalue weighted by atomic mass is 9.89. The van der Waals surface area contributed by atoms with Crippen molar-refractivity contribution in [1.29, 1.82) is 0 Å². The third-order valence-corrected chi connectivity index (χ3v) is 3.07. The normalized spacial score (nSPS) is 17.9. The summed E-state index contributed by atoms with van der Waals surface area (Å²) in [4.78, 5) is 11.0. The predicted molar refractivity (Wildman–Crippen MR) is 56.6 cm³/mol. The van der Waals surface area contributed by atoms with Gasteiger partial charge < -0.3 is 0 Å². The number of Topliss-reactive ketones (excluding diaryl/α,β-unsaturated/α-hetero) is 1. The van der Waals surface area contributed by atoms with Crippen LogP contribution in [0, 0.1) is 5.92 Å². The Morgan fingerprint density at radius 2 is 2.20 bits per heavy atom. The van der Waals surface area contributed by atoms with Crippen LogP contribution in [0.25, 0.3) is 0 Å². The Morgan fingerprint density at radius 3 is 2.80 bits per heavy atom. The first kappa shape index (κ1) is 10.3. The molecule has 4 nitrogen and oxygen atoms in total. The molecular formula is C11H17N3O. The molecule has 0 N–H and O–H groups in total. The molecular weight excluding hydrogens is 190 g/mol. The highest BCUT2D eigenvalue weighted by Crippen LogP contribution is 2.24. The zero-order valence-electron chi connectivity index (χ0n) is 9.15. The maximum Gasteiger partial charge on any atom is 0.181 e. The highest BCUT2D eigenvalue weighted by Gasteiger charge is 2.15. The number of rotatable bonds is 3. The number of ketones is 1. The van der Waals surface area contributed by atoms with Gasteiger partial charge in [-0.15, -0.1) is 5.10 Å². The van der Waals surface area contributed by atoms with Crippen molar-refractivity contribution in [2.75, 3.05) is 0 Å². The van der Waals surface area contributed by atoms with Crippen LogP contribution in [0.15, 0.2) is 6.20 Å². The van der Waals surface area contributed by atoms with Crippen LogP contribution in [0.3, 0.4) is 0 Å². The van der Waals surface area contributed by atoms with E-state index >= 15 is 0 Å². The van der Waals surface area contributed by atoms with E-state index in [2.05, 4.69) is 10.3 Å². The number of nitrogens with zero attached hydrogens (tertiary/aromatic N) is 3. The Kier molecular flexibility index (Phi) is 3.14. The van der Waals surface area contributed by atoms with Crippen molar-refractivity contribution < 1.29 is 4.79 Å². The van der Waals surface area contributed by atoms with Gasteiger partial charge >= 0.3 is 0 Å². The summed E-state index contributed by atoms with van der Waals surface area (Å²) in [6, 6.07) is 0. The summed E-state index contributed by atoms with van der Waals surface area (Å²) in [6.07, 6.45) is 8.37. The Balaban J connectivity index is 1.94. The van der Waals surface area contributed by atoms with Gasteiger partial charge in [0.2, 0.25) is 0 Å². The van der Waals surface area contributed by atoms with Crippen molar-refractivity contribution in [2.24, 2.45) is 5.92 Å². The number of aromatic nitrogens is 3. The van der Waals surface area contributed by atoms with Crippen molar-refractivity contribution in [2.45, 2.75) is 45.6 Å². The fourth-order valence-electron chi connectivity index (χ4n) is 2.18. The van der Waals surface area contributed by atoms with Crippen molar-refractivity contribution in [3.05, 3.63) is 11.9 Å². The predicted octanol–water partition coefficient (Wildman–Crippen LogP) is 2.06. The first-order chi connectivity index (χ1) is 7.25. The number of hydrogen-bond acceptors (Lipinski definition) is 3. The topological polar surface area (TPSA) is 47.8 Å². The van der Waals surface area contributed by atoms with Crippen molar-refractivity contribution >= 4 is 5.78 Å². The Hall–Kier alpha value is -1.19. The number of carbonyl (C=O) groups is 1. The van der Waals surface area contributed by atoms with Crippen LogP contribution in [0.2, 0.25) is 0 Å². The van der Waals surface area contributed by atoms with E-state index in [0.717, 1.165) is 12.5 Å². The van der Waals surface area contributed by atoms with Crippen molar-refractivity contribution in [3.63, 3.8) is 0 Å². The molecule has 0 aromatic carbocycles. The number of hydrogen-bond donors (Lipinski definition) is 0. The van der Waals surface area contributed by atoms with Gasteiger partial charge in [0.1, 0.15) is 5.69 Å². The number of carbonyl (C=O) groups excluding carboxylic acids is 1. The van der Waals surface area contributed by atoms with Crippen LogP contribution >= 0.6 is 0 Å². The van der Waals surface area contributed by atoms with E-state index in [9.17, 15) is 4.79 Å². The van der Waals surface area contributed by atoms with E-state index in [0.29, 0.717) is 5.69 Å². The molecule has 1 aromatic rings. The highest BCUT2D eigenvalue weighted by molar-refractivity contribution is 5.91. The molecule has 0 radical (unpaired) electrons. The summed E-state index contributed by atoms with van der Waals surface area (Å²) in [5.41, 5.74) is 0.478. The molecule has 15 heavy (non-hydrogen) atoms. The van der Waals surface area contributed by atoms with Gasteiger partial charge in [-0.05, 0) is 18.8 Å². The molecule has 1 aromatic heterocycles. The molecule has 0 unspecified atom stereocenters. The lowest BCUT2D eigenvalue weighted by Gasteiger charge is -2.20. The maximum atomic E-state index is 11.0. The average Bonchev–Trinajstić information content (AvgIpc) is 2.68. The first-order valence-electron chi connectivity index (χ1n) is 5.67. The van der Waals surface area contributed by atoms with Crippen LogP contribution in [0.1, 0.15) is 49.5 Å². The highest BCUT2D eigenvalue weighted by atomic mass is 16.1. The largest absolute Gasteiger partial charge is 0.293 e. The molecule has 2 rings (SSSR count). The van der Waals surface area contributed by atoms with Gasteiger partial charge in [0.05, 0.1) is 6.20 Å². The molecule has 1 heterocycles. The molecule has 1 fully saturated rings. The lowest BCUT2D eigenvalue weighted by Crippen LogP contribution is -2.14. The lowest BCUT2D eigenvalue weighted by molar-refractivity contribution is 0.101. The second-order valence-corrected chi connectivity index (χ2v) is 4.39. The molecule has 0 amide bonds. The van der Waals surface area contributed by atoms with Gasteiger partial charge in [-0.3, -0.25) is 9.48 Å². The minimum Gasteiger partial charge on any atom is -0.293 e. The average molecular weight is 207 g/mol. The third-order valence-electron chi connectivity index (χ3n) is 3.07. The Labute approximate surface area is 89.7 Å². The SMILES string of the molecule is CC(=O)c1cn(CC2CCCCC2)nn1. The standard InChI is InChI=1S/C11H17N3O/c1-9(15)11-8-14(13-12-11)7-10-5-3-2-4-6-10/h8,10H,2-7H2,1H3. The third kappa shape index (κ3) is 2.64. The van der Waals surface area contributed by atoms with Gasteiger partial charge in [0.25, 0.3) is 0 Å². The van der Waals surface area contributed by atoms with Gasteiger partial charge in [0.15, 0.2) is 5.78 Å². The Bertz CT molecular complexity index is 339. The maximum absolute atomic E-state index is 11.0. The van der Waals surface area contributed by atoms with Gasteiger partial charge in [-0.2, -0.15) is 0 Å². The van der Waals surface area contributed by atoms with Crippen LogP contribution in [-0.4, -0.2) is 20.8 Å². The van der Waals surface area contributed by atoms with Crippen molar-refractivity contribution in [1.82, 2.24) is 15.0 Å². The summed E-state index contributed by atoms with van der Waals surface area (Å²) < 4.78 is 1.81. The summed E-state index contributed by atoms with van der Waals surface area (Å²) in [5.74, 6) is 0.713. The van der Waals surface area contributed by atoms with E-state index in [1.165, 1.54) is 39.0 Å². The molecule has 0 atom stereocenters. The zero-order valence-corrected chi connectivity index (χ0v) is 9.15. The van der Waals surface area contributed by atoms with Crippen LogP contribution < -0.4 is 0 Å². The fourth-order valence-corrected chi connectivity index (χ4v) is 2.18. The minimum atomic E-state index is -0.00936. The monoisotopic (exact) mass is 207 g/mol. The molecule has 82 valence electrons. The fraction of sp³-hybridized carbons (Fsp3) is 0.727. The molecule has 0 aliphatic heterocycles. The molecule has 4 heteroatoms. The van der Waals surface area contributed by atoms with Crippen LogP contribution in [0.5, 0.6) is 0 Å². The van der Waals surface area contributed by atoms with Crippen molar-refractivity contribution in [3.8, 4) is 0 Å². The van der Waals surface area contributed by atoms with Crippen LogP contribution in [-0.2, 0) is 6.54 Å². The molecule has 1 saturated carbocycles. The molecule has 1 aliphatic rings. The van der Waals surface area contributed by atoms with Gasteiger partial charge in [-0.25, -0.2) is 0 Å². The summed E-state index contributed by atoms with van der Waals surface area (Å²) in [6.45, 7) is 2.44. The molecule has 1 aliphatic carbocycles. The second-order valence-electron chi connectivity index (χ2n) is 4.39.